The summed E-state index contributed by atoms with van der Waals surface area (Å²) in [6, 6.07) is 7.29. The third kappa shape index (κ3) is 3.05. The van der Waals surface area contributed by atoms with Crippen LogP contribution >= 0.6 is 11.6 Å². The molecule has 2 aromatic rings. The van der Waals surface area contributed by atoms with Gasteiger partial charge in [-0.2, -0.15) is 5.10 Å². The summed E-state index contributed by atoms with van der Waals surface area (Å²) in [5, 5.41) is 7.31. The third-order valence-electron chi connectivity index (χ3n) is 2.64. The Morgan fingerprint density at radius 3 is 2.95 bits per heavy atom. The highest BCUT2D eigenvalue weighted by Gasteiger charge is 2.18. The summed E-state index contributed by atoms with van der Waals surface area (Å²) >= 11 is 6.04. The topological polar surface area (TPSA) is 67.3 Å². The van der Waals surface area contributed by atoms with E-state index >= 15 is 0 Å². The van der Waals surface area contributed by atoms with Gasteiger partial charge in [-0.15, -0.1) is 0 Å². The molecule has 0 atom stereocenters. The van der Waals surface area contributed by atoms with Crippen LogP contribution in [0.4, 0.5) is 5.82 Å². The maximum atomic E-state index is 11.8. The van der Waals surface area contributed by atoms with E-state index in [1.54, 1.807) is 26.1 Å². The molecule has 20 heavy (non-hydrogen) atoms. The van der Waals surface area contributed by atoms with Crippen molar-refractivity contribution in [2.24, 2.45) is 4.99 Å². The first-order chi connectivity index (χ1) is 9.63. The van der Waals surface area contributed by atoms with Gasteiger partial charge in [0.2, 0.25) is 0 Å². The van der Waals surface area contributed by atoms with Gasteiger partial charge in [0.05, 0.1) is 6.61 Å². The molecular formula is C14H14ClN3O2. The number of nitrogens with zero attached hydrogens (tertiary/aromatic N) is 2. The number of carbonyl (C=O) groups is 1. The number of carbonyl (C=O) groups excluding carboxylic acids is 1. The van der Waals surface area contributed by atoms with Crippen LogP contribution in [0.1, 0.15) is 28.5 Å². The zero-order valence-corrected chi connectivity index (χ0v) is 11.9. The maximum absolute atomic E-state index is 11.8. The molecule has 5 nitrogen and oxygen atoms in total. The van der Waals surface area contributed by atoms with Crippen LogP contribution in [0.3, 0.4) is 0 Å². The number of rotatable bonds is 4. The number of ether oxygens (including phenoxy) is 1. The predicted molar refractivity (Wildman–Crippen MR) is 78.0 cm³/mol. The molecule has 0 aliphatic carbocycles. The molecule has 2 rings (SSSR count). The number of hydrogen-bond acceptors (Lipinski definition) is 4. The Hall–Kier alpha value is -2.14. The molecule has 1 aromatic carbocycles. The smallest absolute Gasteiger partial charge is 0.343 e. The molecule has 104 valence electrons. The summed E-state index contributed by atoms with van der Waals surface area (Å²) in [4.78, 5) is 16.1. The molecule has 0 bridgehead atoms. The molecule has 0 unspecified atom stereocenters. The van der Waals surface area contributed by atoms with Crippen LogP contribution in [0.25, 0.3) is 0 Å². The number of H-pyrrole nitrogens is 1. The van der Waals surface area contributed by atoms with Crippen molar-refractivity contribution in [3.8, 4) is 0 Å². The standard InChI is InChI=1S/C14H14ClN3O2/c1-3-20-14(19)12-9(2)17-18-13(12)16-8-10-6-4-5-7-11(10)15/h4-8H,3H2,1-2H3,(H,17,18). The average Bonchev–Trinajstić information content (AvgIpc) is 2.79. The van der Waals surface area contributed by atoms with Gasteiger partial charge in [0.1, 0.15) is 5.56 Å². The van der Waals surface area contributed by atoms with Gasteiger partial charge in [0, 0.05) is 22.5 Å². The zero-order valence-electron chi connectivity index (χ0n) is 11.2. The summed E-state index contributed by atoms with van der Waals surface area (Å²) in [5.74, 6) is -0.147. The van der Waals surface area contributed by atoms with Gasteiger partial charge in [0.15, 0.2) is 5.82 Å². The second kappa shape index (κ2) is 6.34. The normalized spacial score (nSPS) is 10.9. The van der Waals surface area contributed by atoms with E-state index in [1.807, 2.05) is 18.2 Å². The van der Waals surface area contributed by atoms with Crippen molar-refractivity contribution in [1.82, 2.24) is 10.2 Å². The van der Waals surface area contributed by atoms with Crippen LogP contribution < -0.4 is 0 Å². The lowest BCUT2D eigenvalue weighted by molar-refractivity contribution is 0.0526. The highest BCUT2D eigenvalue weighted by atomic mass is 35.5. The molecule has 0 aliphatic heterocycles. The van der Waals surface area contributed by atoms with E-state index in [9.17, 15) is 4.79 Å². The quantitative estimate of drug-likeness (QED) is 0.694. The van der Waals surface area contributed by atoms with Gasteiger partial charge in [-0.3, -0.25) is 5.10 Å². The molecule has 0 saturated carbocycles. The van der Waals surface area contributed by atoms with Crippen molar-refractivity contribution in [1.29, 1.82) is 0 Å². The van der Waals surface area contributed by atoms with E-state index in [0.717, 1.165) is 5.56 Å². The lowest BCUT2D eigenvalue weighted by atomic mass is 10.2. The fourth-order valence-electron chi connectivity index (χ4n) is 1.67. The van der Waals surface area contributed by atoms with Crippen molar-refractivity contribution in [2.75, 3.05) is 6.61 Å². The summed E-state index contributed by atoms with van der Waals surface area (Å²) in [5.41, 5.74) is 1.72. The molecule has 0 saturated heterocycles. The van der Waals surface area contributed by atoms with Gasteiger partial charge in [-0.25, -0.2) is 9.79 Å². The van der Waals surface area contributed by atoms with Crippen LogP contribution in [-0.4, -0.2) is 29.0 Å². The van der Waals surface area contributed by atoms with Crippen molar-refractivity contribution in [3.63, 3.8) is 0 Å². The Labute approximate surface area is 121 Å². The summed E-state index contributed by atoms with van der Waals surface area (Å²) in [6.07, 6.45) is 1.57. The Bertz CT molecular complexity index is 650. The molecule has 0 spiro atoms. The molecule has 1 N–H and O–H groups in total. The first-order valence-electron chi connectivity index (χ1n) is 6.14. The largest absolute Gasteiger partial charge is 0.462 e. The lowest BCUT2D eigenvalue weighted by Gasteiger charge is -2.01. The van der Waals surface area contributed by atoms with Crippen LogP contribution in [0.2, 0.25) is 5.02 Å². The monoisotopic (exact) mass is 291 g/mol. The van der Waals surface area contributed by atoms with Gasteiger partial charge in [0.25, 0.3) is 0 Å². The molecule has 0 fully saturated rings. The van der Waals surface area contributed by atoms with Gasteiger partial charge in [-0.05, 0) is 19.9 Å². The molecule has 0 radical (unpaired) electrons. The zero-order chi connectivity index (χ0) is 14.5. The van der Waals surface area contributed by atoms with E-state index in [1.165, 1.54) is 0 Å². The Kier molecular flexibility index (Phi) is 4.53. The van der Waals surface area contributed by atoms with E-state index in [0.29, 0.717) is 28.7 Å². The van der Waals surface area contributed by atoms with Crippen LogP contribution in [-0.2, 0) is 4.74 Å². The Balaban J connectivity index is 2.31. The van der Waals surface area contributed by atoms with Gasteiger partial charge >= 0.3 is 5.97 Å². The second-order valence-corrected chi connectivity index (χ2v) is 4.45. The number of nitrogens with one attached hydrogen (secondary N) is 1. The minimum absolute atomic E-state index is 0.292. The first-order valence-corrected chi connectivity index (χ1v) is 6.52. The molecular weight excluding hydrogens is 278 g/mol. The first kappa shape index (κ1) is 14.3. The SMILES string of the molecule is CCOC(=O)c1c(N=Cc2ccccc2Cl)n[nH]c1C. The van der Waals surface area contributed by atoms with E-state index in [-0.39, 0.29) is 0 Å². The van der Waals surface area contributed by atoms with E-state index in [4.69, 9.17) is 16.3 Å². The number of aromatic amines is 1. The third-order valence-corrected chi connectivity index (χ3v) is 2.98. The second-order valence-electron chi connectivity index (χ2n) is 4.05. The fraction of sp³-hybridized carbons (Fsp3) is 0.214. The Morgan fingerprint density at radius 2 is 2.25 bits per heavy atom. The highest BCUT2D eigenvalue weighted by Crippen LogP contribution is 2.21. The average molecular weight is 292 g/mol. The van der Waals surface area contributed by atoms with Crippen molar-refractivity contribution in [3.05, 3.63) is 46.1 Å². The fourth-order valence-corrected chi connectivity index (χ4v) is 1.85. The number of benzene rings is 1. The summed E-state index contributed by atoms with van der Waals surface area (Å²) < 4.78 is 4.98. The van der Waals surface area contributed by atoms with Crippen LogP contribution in [0.5, 0.6) is 0 Å². The molecule has 1 aromatic heterocycles. The number of halogens is 1. The molecule has 6 heteroatoms. The Morgan fingerprint density at radius 1 is 1.50 bits per heavy atom. The van der Waals surface area contributed by atoms with E-state index in [2.05, 4.69) is 15.2 Å². The number of aromatic nitrogens is 2. The van der Waals surface area contributed by atoms with Gasteiger partial charge < -0.3 is 4.74 Å². The number of hydrogen-bond donors (Lipinski definition) is 1. The van der Waals surface area contributed by atoms with Gasteiger partial charge in [-0.1, -0.05) is 29.8 Å². The predicted octanol–water partition coefficient (Wildman–Crippen LogP) is 3.30. The molecule has 1 heterocycles. The van der Waals surface area contributed by atoms with Crippen LogP contribution in [0, 0.1) is 6.92 Å². The number of aliphatic imine (C=N–C) groups is 1. The number of esters is 1. The molecule has 0 aliphatic rings. The maximum Gasteiger partial charge on any atom is 0.343 e. The number of aryl methyl sites for hydroxylation is 1. The van der Waals surface area contributed by atoms with Crippen LogP contribution in [0.15, 0.2) is 29.3 Å². The minimum atomic E-state index is -0.440. The van der Waals surface area contributed by atoms with Crippen molar-refractivity contribution in [2.45, 2.75) is 13.8 Å². The molecule has 0 amide bonds. The summed E-state index contributed by atoms with van der Waals surface area (Å²) in [6.45, 7) is 3.80. The highest BCUT2D eigenvalue weighted by molar-refractivity contribution is 6.33. The van der Waals surface area contributed by atoms with E-state index < -0.39 is 5.97 Å². The lowest BCUT2D eigenvalue weighted by Crippen LogP contribution is -2.05. The van der Waals surface area contributed by atoms with Crippen molar-refractivity contribution >= 4 is 29.6 Å². The summed E-state index contributed by atoms with van der Waals surface area (Å²) in [7, 11) is 0. The minimum Gasteiger partial charge on any atom is -0.462 e. The van der Waals surface area contributed by atoms with Crippen molar-refractivity contribution < 1.29 is 9.53 Å².